The highest BCUT2D eigenvalue weighted by atomic mass is 16.5. The molecule has 0 radical (unpaired) electrons. The minimum Gasteiger partial charge on any atom is -0.375 e. The highest BCUT2D eigenvalue weighted by Crippen LogP contribution is 2.46. The Kier molecular flexibility index (Phi) is 5.72. The van der Waals surface area contributed by atoms with Gasteiger partial charge in [-0.3, -0.25) is 0 Å². The third-order valence-electron chi connectivity index (χ3n) is 8.47. The van der Waals surface area contributed by atoms with Crippen LogP contribution in [0.1, 0.15) is 72.6 Å². The van der Waals surface area contributed by atoms with Crippen molar-refractivity contribution < 1.29 is 4.74 Å². The number of piperidine rings is 1. The Bertz CT molecular complexity index is 1060. The van der Waals surface area contributed by atoms with E-state index in [0.717, 1.165) is 19.7 Å². The summed E-state index contributed by atoms with van der Waals surface area (Å²) in [5.41, 5.74) is 7.49. The molecule has 3 aromatic carbocycles. The Hall–Kier alpha value is -2.58. The summed E-state index contributed by atoms with van der Waals surface area (Å²) in [4.78, 5) is 2.57. The zero-order chi connectivity index (χ0) is 22.1. The van der Waals surface area contributed by atoms with Gasteiger partial charge in [0.25, 0.3) is 0 Å². The molecule has 2 heteroatoms. The Labute approximate surface area is 198 Å². The molecular weight excluding hydrogens is 402 g/mol. The van der Waals surface area contributed by atoms with E-state index in [2.05, 4.69) is 83.8 Å². The summed E-state index contributed by atoms with van der Waals surface area (Å²) in [5, 5.41) is 0. The van der Waals surface area contributed by atoms with Crippen molar-refractivity contribution in [3.05, 3.63) is 101 Å². The van der Waals surface area contributed by atoms with Crippen molar-refractivity contribution in [1.29, 1.82) is 0 Å². The fourth-order valence-corrected chi connectivity index (χ4v) is 6.60. The van der Waals surface area contributed by atoms with Gasteiger partial charge in [-0.05, 0) is 85.3 Å². The third-order valence-corrected chi connectivity index (χ3v) is 8.47. The monoisotopic (exact) mass is 437 g/mol. The van der Waals surface area contributed by atoms with E-state index in [-0.39, 0.29) is 5.60 Å². The summed E-state index contributed by atoms with van der Waals surface area (Å²) >= 11 is 0. The lowest BCUT2D eigenvalue weighted by atomic mass is 9.69. The minimum atomic E-state index is 0.170. The number of fused-ring (bicyclic) bond motifs is 1. The standard InChI is InChI=1S/C31H35NO/c1-2-8-24(9-3-1)29-17-14-25-10-4-5-11-28(25)30(29)26-12-15-27(16-13-26)32-21-19-31(20-22-32)18-6-7-23-33-31/h1-5,8-13,15-16,29-30H,6-7,14,17-23H2. The second-order valence-corrected chi connectivity index (χ2v) is 10.3. The van der Waals surface area contributed by atoms with Crippen LogP contribution in [-0.4, -0.2) is 25.3 Å². The van der Waals surface area contributed by atoms with Gasteiger partial charge >= 0.3 is 0 Å². The quantitative estimate of drug-likeness (QED) is 0.434. The van der Waals surface area contributed by atoms with E-state index in [4.69, 9.17) is 4.74 Å². The predicted molar refractivity (Wildman–Crippen MR) is 136 cm³/mol. The number of hydrogen-bond acceptors (Lipinski definition) is 2. The molecule has 2 atom stereocenters. The smallest absolute Gasteiger partial charge is 0.0716 e. The third kappa shape index (κ3) is 4.10. The molecule has 0 amide bonds. The lowest BCUT2D eigenvalue weighted by molar-refractivity contribution is -0.0920. The molecule has 2 saturated heterocycles. The molecule has 3 aromatic rings. The molecule has 2 unspecified atom stereocenters. The first-order valence-corrected chi connectivity index (χ1v) is 12.9. The first-order chi connectivity index (χ1) is 16.3. The molecule has 2 nitrogen and oxygen atoms in total. The van der Waals surface area contributed by atoms with Crippen LogP contribution in [0.2, 0.25) is 0 Å². The first-order valence-electron chi connectivity index (χ1n) is 12.9. The molecule has 3 aliphatic rings. The number of benzene rings is 3. The molecule has 6 rings (SSSR count). The van der Waals surface area contributed by atoms with Crippen molar-refractivity contribution in [2.24, 2.45) is 0 Å². The van der Waals surface area contributed by atoms with Crippen LogP contribution in [0, 0.1) is 0 Å². The molecular formula is C31H35NO. The van der Waals surface area contributed by atoms with Crippen LogP contribution < -0.4 is 4.90 Å². The van der Waals surface area contributed by atoms with Gasteiger partial charge in [0.15, 0.2) is 0 Å². The van der Waals surface area contributed by atoms with Gasteiger partial charge in [-0.15, -0.1) is 0 Å². The summed E-state index contributed by atoms with van der Waals surface area (Å²) in [6.45, 7) is 3.18. The predicted octanol–water partition coefficient (Wildman–Crippen LogP) is 7.09. The molecule has 0 bridgehead atoms. The summed E-state index contributed by atoms with van der Waals surface area (Å²) in [6.07, 6.45) is 8.54. The highest BCUT2D eigenvalue weighted by molar-refractivity contribution is 5.52. The largest absolute Gasteiger partial charge is 0.375 e. The lowest BCUT2D eigenvalue weighted by Gasteiger charge is -2.44. The average molecular weight is 438 g/mol. The van der Waals surface area contributed by atoms with Crippen LogP contribution in [0.5, 0.6) is 0 Å². The molecule has 0 N–H and O–H groups in total. The molecule has 0 aromatic heterocycles. The first kappa shape index (κ1) is 21.0. The van der Waals surface area contributed by atoms with Gasteiger partial charge in [-0.1, -0.05) is 66.7 Å². The average Bonchev–Trinajstić information content (AvgIpc) is 2.90. The van der Waals surface area contributed by atoms with Crippen LogP contribution in [-0.2, 0) is 11.2 Å². The van der Waals surface area contributed by atoms with Gasteiger partial charge in [0.1, 0.15) is 0 Å². The molecule has 170 valence electrons. The fourth-order valence-electron chi connectivity index (χ4n) is 6.60. The van der Waals surface area contributed by atoms with E-state index in [0.29, 0.717) is 11.8 Å². The number of aryl methyl sites for hydroxylation is 1. The van der Waals surface area contributed by atoms with Crippen LogP contribution >= 0.6 is 0 Å². The Balaban J connectivity index is 1.26. The summed E-state index contributed by atoms with van der Waals surface area (Å²) < 4.78 is 6.25. The van der Waals surface area contributed by atoms with Crippen molar-refractivity contribution in [2.75, 3.05) is 24.6 Å². The van der Waals surface area contributed by atoms with E-state index in [1.54, 1.807) is 0 Å². The van der Waals surface area contributed by atoms with Crippen LogP contribution in [0.4, 0.5) is 5.69 Å². The maximum atomic E-state index is 6.25. The van der Waals surface area contributed by atoms with Gasteiger partial charge in [-0.2, -0.15) is 0 Å². The SMILES string of the molecule is c1ccc(C2CCc3ccccc3C2c2ccc(N3CCC4(CCCCO4)CC3)cc2)cc1. The Morgan fingerprint density at radius 2 is 1.48 bits per heavy atom. The highest BCUT2D eigenvalue weighted by Gasteiger charge is 2.37. The van der Waals surface area contributed by atoms with Gasteiger partial charge in [0, 0.05) is 31.3 Å². The van der Waals surface area contributed by atoms with Crippen LogP contribution in [0.3, 0.4) is 0 Å². The normalized spacial score (nSPS) is 24.4. The molecule has 1 aliphatic carbocycles. The molecule has 0 saturated carbocycles. The zero-order valence-corrected chi connectivity index (χ0v) is 19.6. The van der Waals surface area contributed by atoms with Crippen molar-refractivity contribution in [2.45, 2.75) is 62.4 Å². The number of rotatable bonds is 3. The van der Waals surface area contributed by atoms with Gasteiger partial charge in [0.05, 0.1) is 5.60 Å². The Morgan fingerprint density at radius 3 is 2.24 bits per heavy atom. The van der Waals surface area contributed by atoms with E-state index in [9.17, 15) is 0 Å². The Morgan fingerprint density at radius 1 is 0.727 bits per heavy atom. The number of ether oxygens (including phenoxy) is 1. The van der Waals surface area contributed by atoms with E-state index >= 15 is 0 Å². The van der Waals surface area contributed by atoms with Crippen molar-refractivity contribution in [1.82, 2.24) is 0 Å². The molecule has 2 fully saturated rings. The van der Waals surface area contributed by atoms with E-state index in [1.165, 1.54) is 72.9 Å². The van der Waals surface area contributed by atoms with E-state index < -0.39 is 0 Å². The molecule has 33 heavy (non-hydrogen) atoms. The lowest BCUT2D eigenvalue weighted by Crippen LogP contribution is -2.47. The van der Waals surface area contributed by atoms with Crippen molar-refractivity contribution in [3.8, 4) is 0 Å². The zero-order valence-electron chi connectivity index (χ0n) is 19.6. The van der Waals surface area contributed by atoms with Gasteiger partial charge in [0.2, 0.25) is 0 Å². The van der Waals surface area contributed by atoms with Crippen molar-refractivity contribution in [3.63, 3.8) is 0 Å². The second kappa shape index (κ2) is 8.99. The maximum Gasteiger partial charge on any atom is 0.0716 e. The van der Waals surface area contributed by atoms with Crippen LogP contribution in [0.15, 0.2) is 78.9 Å². The summed E-state index contributed by atoms with van der Waals surface area (Å²) in [7, 11) is 0. The van der Waals surface area contributed by atoms with Gasteiger partial charge < -0.3 is 9.64 Å². The number of nitrogens with zero attached hydrogens (tertiary/aromatic N) is 1. The minimum absolute atomic E-state index is 0.170. The van der Waals surface area contributed by atoms with Gasteiger partial charge in [-0.25, -0.2) is 0 Å². The number of anilines is 1. The molecule has 1 spiro atoms. The molecule has 2 aliphatic heterocycles. The van der Waals surface area contributed by atoms with E-state index in [1.807, 2.05) is 0 Å². The maximum absolute atomic E-state index is 6.25. The van der Waals surface area contributed by atoms with Crippen LogP contribution in [0.25, 0.3) is 0 Å². The second-order valence-electron chi connectivity index (χ2n) is 10.3. The summed E-state index contributed by atoms with van der Waals surface area (Å²) in [5.74, 6) is 0.955. The van der Waals surface area contributed by atoms with Crippen molar-refractivity contribution >= 4 is 5.69 Å². The fraction of sp³-hybridized carbons (Fsp3) is 0.419. The summed E-state index contributed by atoms with van der Waals surface area (Å²) in [6, 6.07) is 29.8. The number of hydrogen-bond donors (Lipinski definition) is 0. The molecule has 2 heterocycles. The topological polar surface area (TPSA) is 12.5 Å².